The smallest absolute Gasteiger partial charge is 0.276 e. The van der Waals surface area contributed by atoms with Crippen molar-refractivity contribution in [3.8, 4) is 5.69 Å². The highest BCUT2D eigenvalue weighted by atomic mass is 32.1. The fraction of sp³-hybridized carbons (Fsp3) is 0. The maximum atomic E-state index is 12.6. The molecule has 3 aromatic heterocycles. The molecule has 4 aromatic rings. The first kappa shape index (κ1) is 12.4. The lowest BCUT2D eigenvalue weighted by Gasteiger charge is -2.07. The number of hydrogen-bond acceptors (Lipinski definition) is 4. The summed E-state index contributed by atoms with van der Waals surface area (Å²) < 4.78 is 2.54. The summed E-state index contributed by atoms with van der Waals surface area (Å²) in [6.45, 7) is 0. The second-order valence-corrected chi connectivity index (χ2v) is 5.92. The van der Waals surface area contributed by atoms with Crippen molar-refractivity contribution in [2.45, 2.75) is 0 Å². The Balaban J connectivity index is 2.08. The Labute approximate surface area is 128 Å². The lowest BCUT2D eigenvalue weighted by Crippen LogP contribution is -2.19. The average Bonchev–Trinajstić information content (AvgIpc) is 2.95. The third kappa shape index (κ3) is 1.91. The van der Waals surface area contributed by atoms with E-state index in [0.717, 1.165) is 16.4 Å². The number of pyridine rings is 1. The number of benzene rings is 1. The van der Waals surface area contributed by atoms with Crippen molar-refractivity contribution in [1.29, 1.82) is 0 Å². The molecule has 4 nitrogen and oxygen atoms in total. The van der Waals surface area contributed by atoms with Gasteiger partial charge in [-0.3, -0.25) is 14.3 Å². The molecule has 3 heterocycles. The molecule has 0 fully saturated rings. The predicted molar refractivity (Wildman–Crippen MR) is 87.9 cm³/mol. The van der Waals surface area contributed by atoms with Crippen molar-refractivity contribution >= 4 is 44.7 Å². The monoisotopic (exact) mass is 311 g/mol. The zero-order valence-electron chi connectivity index (χ0n) is 10.7. The number of aromatic amines is 1. The largest absolute Gasteiger partial charge is 0.331 e. The Morgan fingerprint density at radius 1 is 1.24 bits per heavy atom. The van der Waals surface area contributed by atoms with Crippen LogP contribution in [-0.2, 0) is 0 Å². The summed E-state index contributed by atoms with van der Waals surface area (Å²) >= 11 is 6.73. The molecule has 0 saturated carbocycles. The molecule has 0 radical (unpaired) electrons. The molecule has 1 N–H and O–H groups in total. The van der Waals surface area contributed by atoms with Crippen molar-refractivity contribution in [1.82, 2.24) is 14.5 Å². The van der Waals surface area contributed by atoms with Crippen LogP contribution in [0.25, 0.3) is 26.8 Å². The van der Waals surface area contributed by atoms with Crippen LogP contribution in [0.4, 0.5) is 0 Å². The Morgan fingerprint density at radius 3 is 3.00 bits per heavy atom. The molecule has 0 bridgehead atoms. The Morgan fingerprint density at radius 2 is 2.10 bits per heavy atom. The van der Waals surface area contributed by atoms with Gasteiger partial charge in [-0.2, -0.15) is 0 Å². The minimum Gasteiger partial charge on any atom is -0.331 e. The number of fused-ring (bicyclic) bond motifs is 2. The number of nitrogens with zero attached hydrogens (tertiary/aromatic N) is 2. The first-order valence-corrected chi connectivity index (χ1v) is 7.60. The Kier molecular flexibility index (Phi) is 2.73. The van der Waals surface area contributed by atoms with E-state index in [2.05, 4.69) is 9.97 Å². The minimum atomic E-state index is -0.110. The number of hydrogen-bond donors (Lipinski definition) is 1. The van der Waals surface area contributed by atoms with Gasteiger partial charge in [-0.15, -0.1) is 11.3 Å². The highest BCUT2D eigenvalue weighted by molar-refractivity contribution is 7.71. The molecular formula is C15H9N3OS2. The van der Waals surface area contributed by atoms with Gasteiger partial charge in [0.2, 0.25) is 0 Å². The number of rotatable bonds is 1. The Hall–Kier alpha value is -2.31. The summed E-state index contributed by atoms with van der Waals surface area (Å²) in [7, 11) is 0. The van der Waals surface area contributed by atoms with E-state index in [4.69, 9.17) is 12.2 Å². The van der Waals surface area contributed by atoms with E-state index in [1.54, 1.807) is 6.20 Å². The topological polar surface area (TPSA) is 50.7 Å². The molecule has 0 unspecified atom stereocenters. The standard InChI is InChI=1S/C15H9N3OS2/c19-14-13-12(5-6-21-13)17-15(20)18(14)10-7-9-3-1-2-4-11(9)16-8-10/h1-8H,(H,17,20). The van der Waals surface area contributed by atoms with E-state index in [1.807, 2.05) is 41.8 Å². The Bertz CT molecular complexity index is 1090. The van der Waals surface area contributed by atoms with Gasteiger partial charge in [0.1, 0.15) is 4.70 Å². The second-order valence-electron chi connectivity index (χ2n) is 4.62. The summed E-state index contributed by atoms with van der Waals surface area (Å²) in [4.78, 5) is 20.1. The molecule has 0 aliphatic heterocycles. The molecule has 0 aliphatic rings. The average molecular weight is 311 g/mol. The van der Waals surface area contributed by atoms with Crippen molar-refractivity contribution in [2.75, 3.05) is 0 Å². The molecule has 0 aliphatic carbocycles. The second kappa shape index (κ2) is 4.61. The SMILES string of the molecule is O=c1c2sccc2[nH]c(=S)n1-c1cnc2ccccc2c1. The molecule has 0 amide bonds. The van der Waals surface area contributed by atoms with Gasteiger partial charge in [0.15, 0.2) is 4.77 Å². The van der Waals surface area contributed by atoms with Crippen LogP contribution in [0.2, 0.25) is 0 Å². The van der Waals surface area contributed by atoms with E-state index in [1.165, 1.54) is 15.9 Å². The number of nitrogens with one attached hydrogen (secondary N) is 1. The molecule has 102 valence electrons. The van der Waals surface area contributed by atoms with Crippen molar-refractivity contribution in [2.24, 2.45) is 0 Å². The molecular weight excluding hydrogens is 302 g/mol. The van der Waals surface area contributed by atoms with Gasteiger partial charge in [-0.1, -0.05) is 18.2 Å². The minimum absolute atomic E-state index is 0.110. The van der Waals surface area contributed by atoms with Crippen LogP contribution in [0.15, 0.2) is 52.8 Å². The third-order valence-electron chi connectivity index (χ3n) is 3.34. The molecule has 6 heteroatoms. The number of para-hydroxylation sites is 1. The quantitative estimate of drug-likeness (QED) is 0.546. The molecule has 0 spiro atoms. The normalized spacial score (nSPS) is 11.2. The zero-order chi connectivity index (χ0) is 14.4. The molecule has 0 atom stereocenters. The summed E-state index contributed by atoms with van der Waals surface area (Å²) in [6.07, 6.45) is 1.67. The lowest BCUT2D eigenvalue weighted by atomic mass is 10.2. The van der Waals surface area contributed by atoms with Crippen LogP contribution in [0.5, 0.6) is 0 Å². The van der Waals surface area contributed by atoms with Gasteiger partial charge in [0.25, 0.3) is 5.56 Å². The maximum absolute atomic E-state index is 12.6. The van der Waals surface area contributed by atoms with Crippen LogP contribution >= 0.6 is 23.6 Å². The van der Waals surface area contributed by atoms with E-state index in [0.29, 0.717) is 15.2 Å². The summed E-state index contributed by atoms with van der Waals surface area (Å²) in [6, 6.07) is 11.6. The van der Waals surface area contributed by atoms with Crippen LogP contribution in [0.1, 0.15) is 0 Å². The molecule has 21 heavy (non-hydrogen) atoms. The van der Waals surface area contributed by atoms with E-state index >= 15 is 0 Å². The van der Waals surface area contributed by atoms with E-state index in [-0.39, 0.29) is 5.56 Å². The lowest BCUT2D eigenvalue weighted by molar-refractivity contribution is 0.939. The van der Waals surface area contributed by atoms with E-state index in [9.17, 15) is 4.79 Å². The third-order valence-corrected chi connectivity index (χ3v) is 4.53. The number of H-pyrrole nitrogens is 1. The van der Waals surface area contributed by atoms with Gasteiger partial charge in [0, 0.05) is 5.39 Å². The fourth-order valence-corrected chi connectivity index (χ4v) is 3.43. The van der Waals surface area contributed by atoms with Crippen molar-refractivity contribution < 1.29 is 0 Å². The fourth-order valence-electron chi connectivity index (χ4n) is 2.35. The van der Waals surface area contributed by atoms with Gasteiger partial charge >= 0.3 is 0 Å². The zero-order valence-corrected chi connectivity index (χ0v) is 12.4. The number of thiophene rings is 1. The summed E-state index contributed by atoms with van der Waals surface area (Å²) in [5.41, 5.74) is 2.23. The first-order chi connectivity index (χ1) is 10.2. The van der Waals surface area contributed by atoms with E-state index < -0.39 is 0 Å². The highest BCUT2D eigenvalue weighted by Crippen LogP contribution is 2.18. The first-order valence-electron chi connectivity index (χ1n) is 6.32. The van der Waals surface area contributed by atoms with Crippen LogP contribution in [0, 0.1) is 4.77 Å². The van der Waals surface area contributed by atoms with Crippen LogP contribution in [-0.4, -0.2) is 14.5 Å². The van der Waals surface area contributed by atoms with Gasteiger partial charge in [-0.25, -0.2) is 0 Å². The van der Waals surface area contributed by atoms with Crippen molar-refractivity contribution in [3.63, 3.8) is 0 Å². The van der Waals surface area contributed by atoms with Gasteiger partial charge in [-0.05, 0) is 35.8 Å². The number of aromatic nitrogens is 3. The maximum Gasteiger partial charge on any atom is 0.276 e. The molecule has 0 saturated heterocycles. The van der Waals surface area contributed by atoms with Crippen LogP contribution < -0.4 is 5.56 Å². The molecule has 4 rings (SSSR count). The highest BCUT2D eigenvalue weighted by Gasteiger charge is 2.09. The molecule has 1 aromatic carbocycles. The van der Waals surface area contributed by atoms with Gasteiger partial charge in [0.05, 0.1) is 22.9 Å². The van der Waals surface area contributed by atoms with Crippen LogP contribution in [0.3, 0.4) is 0 Å². The summed E-state index contributed by atoms with van der Waals surface area (Å²) in [5, 5.41) is 2.85. The van der Waals surface area contributed by atoms with Gasteiger partial charge < -0.3 is 4.98 Å². The van der Waals surface area contributed by atoms with Crippen molar-refractivity contribution in [3.05, 3.63) is 63.1 Å². The predicted octanol–water partition coefficient (Wildman–Crippen LogP) is 3.66. The summed E-state index contributed by atoms with van der Waals surface area (Å²) in [5.74, 6) is 0.